The SMILES string of the molecule is COC(=O)C1CCC(=O)N1C1CC(C)(C)OC(C)(C)C1. The maximum Gasteiger partial charge on any atom is 0.328 e. The van der Waals surface area contributed by atoms with Gasteiger partial charge in [0.2, 0.25) is 5.91 Å². The molecule has 0 bridgehead atoms. The van der Waals surface area contributed by atoms with Crippen molar-refractivity contribution in [1.29, 1.82) is 0 Å². The van der Waals surface area contributed by atoms with Crippen molar-refractivity contribution in [1.82, 2.24) is 4.90 Å². The van der Waals surface area contributed by atoms with Gasteiger partial charge in [0.05, 0.1) is 18.3 Å². The molecule has 20 heavy (non-hydrogen) atoms. The van der Waals surface area contributed by atoms with Gasteiger partial charge in [-0.2, -0.15) is 0 Å². The monoisotopic (exact) mass is 283 g/mol. The maximum absolute atomic E-state index is 12.2. The van der Waals surface area contributed by atoms with Crippen molar-refractivity contribution in [3.8, 4) is 0 Å². The average molecular weight is 283 g/mol. The first-order valence-corrected chi connectivity index (χ1v) is 7.24. The van der Waals surface area contributed by atoms with Crippen LogP contribution in [-0.4, -0.2) is 47.2 Å². The number of likely N-dealkylation sites (tertiary alicyclic amines) is 1. The van der Waals surface area contributed by atoms with Gasteiger partial charge in [-0.05, 0) is 47.0 Å². The Hall–Kier alpha value is -1.10. The Morgan fingerprint density at radius 3 is 2.30 bits per heavy atom. The fourth-order valence-corrected chi connectivity index (χ4v) is 3.76. The van der Waals surface area contributed by atoms with E-state index < -0.39 is 6.04 Å². The summed E-state index contributed by atoms with van der Waals surface area (Å²) >= 11 is 0. The summed E-state index contributed by atoms with van der Waals surface area (Å²) in [5.74, 6) is -0.253. The molecule has 2 aliphatic rings. The Kier molecular flexibility index (Phi) is 3.84. The zero-order chi connectivity index (χ0) is 15.1. The van der Waals surface area contributed by atoms with E-state index in [0.29, 0.717) is 12.8 Å². The van der Waals surface area contributed by atoms with Gasteiger partial charge in [0.15, 0.2) is 0 Å². The molecule has 0 saturated carbocycles. The van der Waals surface area contributed by atoms with Crippen molar-refractivity contribution in [3.05, 3.63) is 0 Å². The quantitative estimate of drug-likeness (QED) is 0.726. The molecular formula is C15H25NO4. The Morgan fingerprint density at radius 2 is 1.80 bits per heavy atom. The van der Waals surface area contributed by atoms with Crippen LogP contribution in [0.3, 0.4) is 0 Å². The number of carbonyl (C=O) groups is 2. The number of amides is 1. The molecule has 0 aromatic rings. The van der Waals surface area contributed by atoms with Crippen LogP contribution in [0.2, 0.25) is 0 Å². The Morgan fingerprint density at radius 1 is 1.25 bits per heavy atom. The number of carbonyl (C=O) groups excluding carboxylic acids is 2. The normalized spacial score (nSPS) is 29.6. The molecule has 2 heterocycles. The van der Waals surface area contributed by atoms with Crippen LogP contribution in [0, 0.1) is 0 Å². The molecule has 1 unspecified atom stereocenters. The lowest BCUT2D eigenvalue weighted by Crippen LogP contribution is -2.56. The van der Waals surface area contributed by atoms with Gasteiger partial charge in [0.25, 0.3) is 0 Å². The third-order valence-corrected chi connectivity index (χ3v) is 4.13. The molecule has 114 valence electrons. The summed E-state index contributed by atoms with van der Waals surface area (Å²) < 4.78 is 10.9. The molecular weight excluding hydrogens is 258 g/mol. The second-order valence-corrected chi connectivity index (χ2v) is 7.06. The maximum atomic E-state index is 12.2. The van der Waals surface area contributed by atoms with Gasteiger partial charge in [-0.1, -0.05) is 0 Å². The van der Waals surface area contributed by atoms with E-state index in [1.807, 2.05) is 27.7 Å². The summed E-state index contributed by atoms with van der Waals surface area (Å²) in [5, 5.41) is 0. The fourth-order valence-electron chi connectivity index (χ4n) is 3.76. The van der Waals surface area contributed by atoms with Crippen molar-refractivity contribution in [3.63, 3.8) is 0 Å². The van der Waals surface area contributed by atoms with Crippen LogP contribution >= 0.6 is 0 Å². The molecule has 0 radical (unpaired) electrons. The van der Waals surface area contributed by atoms with Crippen LogP contribution in [0.25, 0.3) is 0 Å². The van der Waals surface area contributed by atoms with Crippen molar-refractivity contribution in [2.75, 3.05) is 7.11 Å². The van der Waals surface area contributed by atoms with Crippen molar-refractivity contribution in [2.24, 2.45) is 0 Å². The lowest BCUT2D eigenvalue weighted by molar-refractivity contribution is -0.184. The highest BCUT2D eigenvalue weighted by atomic mass is 16.5. The van der Waals surface area contributed by atoms with E-state index in [9.17, 15) is 9.59 Å². The first-order valence-electron chi connectivity index (χ1n) is 7.24. The molecule has 5 nitrogen and oxygen atoms in total. The van der Waals surface area contributed by atoms with Gasteiger partial charge >= 0.3 is 5.97 Å². The Bertz CT molecular complexity index is 400. The number of hydrogen-bond donors (Lipinski definition) is 0. The third-order valence-electron chi connectivity index (χ3n) is 4.13. The van der Waals surface area contributed by atoms with Crippen molar-refractivity contribution in [2.45, 2.75) is 76.7 Å². The molecule has 0 spiro atoms. The second kappa shape index (κ2) is 5.02. The predicted molar refractivity (Wildman–Crippen MR) is 74.1 cm³/mol. The number of esters is 1. The van der Waals surface area contributed by atoms with Crippen LogP contribution in [0.15, 0.2) is 0 Å². The Labute approximate surface area is 120 Å². The lowest BCUT2D eigenvalue weighted by Gasteiger charge is -2.48. The van der Waals surface area contributed by atoms with Crippen LogP contribution in [-0.2, 0) is 19.1 Å². The van der Waals surface area contributed by atoms with E-state index in [1.165, 1.54) is 7.11 Å². The van der Waals surface area contributed by atoms with Crippen LogP contribution in [0.1, 0.15) is 53.4 Å². The average Bonchev–Trinajstić information content (AvgIpc) is 2.66. The predicted octanol–water partition coefficient (Wildman–Crippen LogP) is 1.89. The molecule has 2 saturated heterocycles. The van der Waals surface area contributed by atoms with Crippen LogP contribution in [0.4, 0.5) is 0 Å². The first kappa shape index (κ1) is 15.3. The highest BCUT2D eigenvalue weighted by Crippen LogP contribution is 2.39. The topological polar surface area (TPSA) is 55.8 Å². The zero-order valence-corrected chi connectivity index (χ0v) is 13.1. The lowest BCUT2D eigenvalue weighted by atomic mass is 9.84. The van der Waals surface area contributed by atoms with Gasteiger partial charge in [-0.15, -0.1) is 0 Å². The van der Waals surface area contributed by atoms with Gasteiger partial charge in [-0.25, -0.2) is 4.79 Å². The number of rotatable bonds is 2. The third kappa shape index (κ3) is 2.97. The molecule has 0 aromatic carbocycles. The van der Waals surface area contributed by atoms with E-state index in [-0.39, 0.29) is 29.1 Å². The molecule has 5 heteroatoms. The molecule has 2 fully saturated rings. The van der Waals surface area contributed by atoms with Crippen molar-refractivity contribution >= 4 is 11.9 Å². The number of nitrogens with zero attached hydrogens (tertiary/aromatic N) is 1. The molecule has 0 N–H and O–H groups in total. The first-order chi connectivity index (χ1) is 9.15. The van der Waals surface area contributed by atoms with E-state index in [4.69, 9.17) is 9.47 Å². The summed E-state index contributed by atoms with van der Waals surface area (Å²) in [4.78, 5) is 25.8. The van der Waals surface area contributed by atoms with E-state index >= 15 is 0 Å². The standard InChI is InChI=1S/C15H25NO4/c1-14(2)8-10(9-15(3,4)20-14)16-11(13(18)19-5)6-7-12(16)17/h10-11H,6-9H2,1-5H3. The molecule has 2 rings (SSSR count). The number of ether oxygens (including phenoxy) is 2. The summed E-state index contributed by atoms with van der Waals surface area (Å²) in [6.07, 6.45) is 2.48. The highest BCUT2D eigenvalue weighted by Gasteiger charge is 2.47. The summed E-state index contributed by atoms with van der Waals surface area (Å²) in [7, 11) is 1.38. The zero-order valence-electron chi connectivity index (χ0n) is 13.1. The van der Waals surface area contributed by atoms with Crippen LogP contribution < -0.4 is 0 Å². The van der Waals surface area contributed by atoms with Gasteiger partial charge in [0.1, 0.15) is 6.04 Å². The largest absolute Gasteiger partial charge is 0.467 e. The summed E-state index contributed by atoms with van der Waals surface area (Å²) in [6, 6.07) is -0.393. The molecule has 0 aromatic heterocycles. The molecule has 1 amide bonds. The Balaban J connectivity index is 2.23. The summed E-state index contributed by atoms with van der Waals surface area (Å²) in [5.41, 5.74) is -0.591. The minimum Gasteiger partial charge on any atom is -0.467 e. The fraction of sp³-hybridized carbons (Fsp3) is 0.867. The number of hydrogen-bond acceptors (Lipinski definition) is 4. The smallest absolute Gasteiger partial charge is 0.328 e. The minimum absolute atomic E-state index is 0.0350. The van der Waals surface area contributed by atoms with E-state index in [1.54, 1.807) is 4.90 Å². The highest BCUT2D eigenvalue weighted by molar-refractivity contribution is 5.88. The minimum atomic E-state index is -0.429. The van der Waals surface area contributed by atoms with Gasteiger partial charge in [0, 0.05) is 12.5 Å². The van der Waals surface area contributed by atoms with Gasteiger partial charge in [-0.3, -0.25) is 4.79 Å². The van der Waals surface area contributed by atoms with Gasteiger partial charge < -0.3 is 14.4 Å². The molecule has 0 aliphatic carbocycles. The second-order valence-electron chi connectivity index (χ2n) is 7.06. The molecule has 1 atom stereocenters. The summed E-state index contributed by atoms with van der Waals surface area (Å²) in [6.45, 7) is 8.15. The van der Waals surface area contributed by atoms with E-state index in [0.717, 1.165) is 12.8 Å². The van der Waals surface area contributed by atoms with Crippen molar-refractivity contribution < 1.29 is 19.1 Å². The van der Waals surface area contributed by atoms with Crippen LogP contribution in [0.5, 0.6) is 0 Å². The number of methoxy groups -OCH3 is 1. The molecule has 2 aliphatic heterocycles. The van der Waals surface area contributed by atoms with E-state index in [2.05, 4.69) is 0 Å².